The number of nitrogens with one attached hydrogen (secondary N) is 2. The summed E-state index contributed by atoms with van der Waals surface area (Å²) in [6.45, 7) is 3.60. The molecule has 1 aliphatic heterocycles. The quantitative estimate of drug-likeness (QED) is 0.440. The first-order valence-corrected chi connectivity index (χ1v) is 10.0. The van der Waals surface area contributed by atoms with Gasteiger partial charge in [0, 0.05) is 30.8 Å². The van der Waals surface area contributed by atoms with Crippen molar-refractivity contribution in [3.8, 4) is 0 Å². The summed E-state index contributed by atoms with van der Waals surface area (Å²) in [6, 6.07) is 12.3. The molecule has 2 aromatic carbocycles. The SMILES string of the molecule is CC1CCN(C(=O)c2ccccc2NC(=S)NC(=O)c2cccc([N+](=O)[O-])c2)CC1. The molecule has 2 N–H and O–H groups in total. The van der Waals surface area contributed by atoms with Crippen LogP contribution in [0.1, 0.15) is 40.5 Å². The van der Waals surface area contributed by atoms with Gasteiger partial charge in [-0.05, 0) is 49.2 Å². The Morgan fingerprint density at radius 2 is 1.83 bits per heavy atom. The highest BCUT2D eigenvalue weighted by Crippen LogP contribution is 2.22. The van der Waals surface area contributed by atoms with Crippen molar-refractivity contribution in [3.05, 3.63) is 69.8 Å². The van der Waals surface area contributed by atoms with Crippen LogP contribution in [-0.2, 0) is 0 Å². The molecule has 2 amide bonds. The first-order valence-electron chi connectivity index (χ1n) is 9.60. The molecule has 1 fully saturated rings. The number of anilines is 1. The van der Waals surface area contributed by atoms with Crippen molar-refractivity contribution in [3.63, 3.8) is 0 Å². The lowest BCUT2D eigenvalue weighted by molar-refractivity contribution is -0.384. The molecule has 1 saturated heterocycles. The van der Waals surface area contributed by atoms with Gasteiger partial charge in [0.25, 0.3) is 17.5 Å². The molecule has 1 aliphatic rings. The average molecular weight is 426 g/mol. The summed E-state index contributed by atoms with van der Waals surface area (Å²) in [4.78, 5) is 37.5. The predicted molar refractivity (Wildman–Crippen MR) is 118 cm³/mol. The minimum atomic E-state index is -0.579. The molecule has 8 nitrogen and oxygen atoms in total. The highest BCUT2D eigenvalue weighted by molar-refractivity contribution is 7.80. The van der Waals surface area contributed by atoms with Gasteiger partial charge in [0.2, 0.25) is 0 Å². The number of nitro groups is 1. The van der Waals surface area contributed by atoms with Crippen LogP contribution in [-0.4, -0.2) is 39.8 Å². The summed E-state index contributed by atoms with van der Waals surface area (Å²) in [5.41, 5.74) is 0.887. The number of para-hydroxylation sites is 1. The van der Waals surface area contributed by atoms with Crippen LogP contribution in [0.4, 0.5) is 11.4 Å². The number of nitro benzene ring substituents is 1. The molecule has 0 bridgehead atoms. The second kappa shape index (κ2) is 9.45. The van der Waals surface area contributed by atoms with Crippen molar-refractivity contribution < 1.29 is 14.5 Å². The van der Waals surface area contributed by atoms with Gasteiger partial charge in [-0.1, -0.05) is 25.1 Å². The maximum absolute atomic E-state index is 12.9. The van der Waals surface area contributed by atoms with Crippen molar-refractivity contribution in [2.24, 2.45) is 5.92 Å². The highest BCUT2D eigenvalue weighted by atomic mass is 32.1. The van der Waals surface area contributed by atoms with Crippen LogP contribution in [0, 0.1) is 16.0 Å². The molecule has 0 atom stereocenters. The van der Waals surface area contributed by atoms with Gasteiger partial charge in [-0.15, -0.1) is 0 Å². The fourth-order valence-corrected chi connectivity index (χ4v) is 3.45. The number of carbonyl (C=O) groups is 2. The van der Waals surface area contributed by atoms with Crippen LogP contribution in [0.5, 0.6) is 0 Å². The Hall–Kier alpha value is -3.33. The number of thiocarbonyl (C=S) groups is 1. The second-order valence-corrected chi connectivity index (χ2v) is 7.64. The predicted octanol–water partition coefficient (Wildman–Crippen LogP) is 3.59. The molecule has 0 spiro atoms. The van der Waals surface area contributed by atoms with Gasteiger partial charge in [-0.3, -0.25) is 25.0 Å². The van der Waals surface area contributed by atoms with Gasteiger partial charge >= 0.3 is 0 Å². The fourth-order valence-electron chi connectivity index (χ4n) is 3.25. The lowest BCUT2D eigenvalue weighted by atomic mass is 9.98. The molecule has 0 saturated carbocycles. The molecular weight excluding hydrogens is 404 g/mol. The van der Waals surface area contributed by atoms with Gasteiger partial charge < -0.3 is 10.2 Å². The van der Waals surface area contributed by atoms with Crippen molar-refractivity contribution in [2.45, 2.75) is 19.8 Å². The van der Waals surface area contributed by atoms with E-state index in [0.717, 1.165) is 12.8 Å². The molecule has 3 rings (SSSR count). The first kappa shape index (κ1) is 21.4. The smallest absolute Gasteiger partial charge is 0.270 e. The van der Waals surface area contributed by atoms with Crippen LogP contribution in [0.3, 0.4) is 0 Å². The van der Waals surface area contributed by atoms with Gasteiger partial charge in [0.05, 0.1) is 16.2 Å². The van der Waals surface area contributed by atoms with Crippen molar-refractivity contribution in [1.29, 1.82) is 0 Å². The van der Waals surface area contributed by atoms with Crippen molar-refractivity contribution in [2.75, 3.05) is 18.4 Å². The van der Waals surface area contributed by atoms with Gasteiger partial charge in [0.1, 0.15) is 0 Å². The molecule has 0 radical (unpaired) electrons. The van der Waals surface area contributed by atoms with Crippen LogP contribution < -0.4 is 10.6 Å². The molecule has 30 heavy (non-hydrogen) atoms. The van der Waals surface area contributed by atoms with E-state index in [0.29, 0.717) is 30.3 Å². The molecule has 2 aromatic rings. The third-order valence-electron chi connectivity index (χ3n) is 5.02. The number of hydrogen-bond donors (Lipinski definition) is 2. The molecule has 156 valence electrons. The number of benzene rings is 2. The summed E-state index contributed by atoms with van der Waals surface area (Å²) in [6.07, 6.45) is 1.94. The minimum absolute atomic E-state index is 0.000905. The van der Waals surface area contributed by atoms with Gasteiger partial charge in [-0.2, -0.15) is 0 Å². The Morgan fingerprint density at radius 1 is 1.13 bits per heavy atom. The molecular formula is C21H22N4O4S. The minimum Gasteiger partial charge on any atom is -0.339 e. The van der Waals surface area contributed by atoms with E-state index in [1.807, 2.05) is 4.90 Å². The lowest BCUT2D eigenvalue weighted by Crippen LogP contribution is -2.39. The number of carbonyl (C=O) groups excluding carboxylic acids is 2. The Balaban J connectivity index is 1.68. The molecule has 0 aromatic heterocycles. The Bertz CT molecular complexity index is 986. The summed E-state index contributed by atoms with van der Waals surface area (Å²) in [5, 5.41) is 16.3. The van der Waals surface area contributed by atoms with E-state index in [9.17, 15) is 19.7 Å². The Labute approximate surface area is 179 Å². The summed E-state index contributed by atoms with van der Waals surface area (Å²) < 4.78 is 0. The van der Waals surface area contributed by atoms with E-state index >= 15 is 0 Å². The molecule has 0 aliphatic carbocycles. The first-order chi connectivity index (χ1) is 14.3. The third kappa shape index (κ3) is 5.18. The van der Waals surface area contributed by atoms with E-state index < -0.39 is 10.8 Å². The number of likely N-dealkylation sites (tertiary alicyclic amines) is 1. The molecule has 0 unspecified atom stereocenters. The molecule has 9 heteroatoms. The zero-order valence-corrected chi connectivity index (χ0v) is 17.3. The van der Waals surface area contributed by atoms with E-state index in [1.54, 1.807) is 24.3 Å². The van der Waals surface area contributed by atoms with E-state index in [2.05, 4.69) is 17.6 Å². The molecule has 1 heterocycles. The summed E-state index contributed by atoms with van der Waals surface area (Å²) in [7, 11) is 0. The topological polar surface area (TPSA) is 105 Å². The van der Waals surface area contributed by atoms with Crippen LogP contribution >= 0.6 is 12.2 Å². The van der Waals surface area contributed by atoms with Gasteiger partial charge in [-0.25, -0.2) is 0 Å². The number of amides is 2. The maximum atomic E-state index is 12.9. The van der Waals surface area contributed by atoms with Crippen LogP contribution in [0.15, 0.2) is 48.5 Å². The highest BCUT2D eigenvalue weighted by Gasteiger charge is 2.23. The normalized spacial score (nSPS) is 14.1. The maximum Gasteiger partial charge on any atom is 0.270 e. The average Bonchev–Trinajstić information content (AvgIpc) is 2.74. The second-order valence-electron chi connectivity index (χ2n) is 7.24. The number of hydrogen-bond acceptors (Lipinski definition) is 5. The zero-order valence-electron chi connectivity index (χ0n) is 16.5. The largest absolute Gasteiger partial charge is 0.339 e. The fraction of sp³-hybridized carbons (Fsp3) is 0.286. The van der Waals surface area contributed by atoms with Crippen LogP contribution in [0.25, 0.3) is 0 Å². The number of non-ortho nitro benzene ring substituents is 1. The number of rotatable bonds is 4. The summed E-state index contributed by atoms with van der Waals surface area (Å²) >= 11 is 5.21. The van der Waals surface area contributed by atoms with E-state index in [-0.39, 0.29) is 22.3 Å². The van der Waals surface area contributed by atoms with E-state index in [4.69, 9.17) is 12.2 Å². The zero-order chi connectivity index (χ0) is 21.7. The van der Waals surface area contributed by atoms with Crippen molar-refractivity contribution >= 4 is 40.5 Å². The van der Waals surface area contributed by atoms with E-state index in [1.165, 1.54) is 24.3 Å². The van der Waals surface area contributed by atoms with Gasteiger partial charge in [0.15, 0.2) is 5.11 Å². The number of nitrogens with zero attached hydrogens (tertiary/aromatic N) is 2. The summed E-state index contributed by atoms with van der Waals surface area (Å²) in [5.74, 6) is -0.0538. The third-order valence-corrected chi connectivity index (χ3v) is 5.23. The monoisotopic (exact) mass is 426 g/mol. The lowest BCUT2D eigenvalue weighted by Gasteiger charge is -2.30. The Kier molecular flexibility index (Phi) is 6.73. The van der Waals surface area contributed by atoms with Crippen LogP contribution in [0.2, 0.25) is 0 Å². The van der Waals surface area contributed by atoms with Crippen molar-refractivity contribution in [1.82, 2.24) is 10.2 Å². The number of piperidine rings is 1. The standard InChI is InChI=1S/C21H22N4O4S/c1-14-9-11-24(12-10-14)20(27)17-7-2-3-8-18(17)22-21(30)23-19(26)15-5-4-6-16(13-15)25(28)29/h2-8,13-14H,9-12H2,1H3,(H2,22,23,26,30). The Morgan fingerprint density at radius 3 is 2.53 bits per heavy atom.